The first kappa shape index (κ1) is 11.4. The fourth-order valence-corrected chi connectivity index (χ4v) is 2.43. The minimum Gasteiger partial charge on any atom is -0.333 e. The summed E-state index contributed by atoms with van der Waals surface area (Å²) in [6.45, 7) is 0. The number of carbonyl (C=O) groups is 1. The van der Waals surface area contributed by atoms with Gasteiger partial charge in [-0.1, -0.05) is 30.3 Å². The molecule has 0 spiro atoms. The highest BCUT2D eigenvalue weighted by molar-refractivity contribution is 14.1. The van der Waals surface area contributed by atoms with E-state index < -0.39 is 0 Å². The number of halogens is 1. The third-order valence-electron chi connectivity index (χ3n) is 2.75. The zero-order chi connectivity index (χ0) is 12.5. The molecule has 3 rings (SSSR count). The van der Waals surface area contributed by atoms with Crippen LogP contribution in [0.1, 0.15) is 15.9 Å². The molecule has 0 aliphatic rings. The van der Waals surface area contributed by atoms with Crippen LogP contribution in [0.25, 0.3) is 11.0 Å². The van der Waals surface area contributed by atoms with Crippen LogP contribution in [0.4, 0.5) is 0 Å². The first-order valence-corrected chi connectivity index (χ1v) is 6.57. The third kappa shape index (κ3) is 2.03. The molecule has 3 nitrogen and oxygen atoms in total. The van der Waals surface area contributed by atoms with Gasteiger partial charge in [0, 0.05) is 11.1 Å². The maximum Gasteiger partial charge on any atom is 0.193 e. The molecule has 1 aromatic heterocycles. The first-order chi connectivity index (χ1) is 8.74. The highest BCUT2D eigenvalue weighted by Gasteiger charge is 2.10. The van der Waals surface area contributed by atoms with Crippen LogP contribution in [-0.4, -0.2) is 15.8 Å². The zero-order valence-corrected chi connectivity index (χ0v) is 11.5. The van der Waals surface area contributed by atoms with Gasteiger partial charge in [0.05, 0.1) is 11.0 Å². The van der Waals surface area contributed by atoms with E-state index in [9.17, 15) is 4.79 Å². The van der Waals surface area contributed by atoms with E-state index in [1.54, 1.807) is 0 Å². The number of rotatable bonds is 2. The molecule has 1 heterocycles. The Labute approximate surface area is 117 Å². The lowest BCUT2D eigenvalue weighted by Gasteiger charge is -2.00. The second-order valence-electron chi connectivity index (χ2n) is 3.95. The van der Waals surface area contributed by atoms with E-state index in [-0.39, 0.29) is 5.78 Å². The number of ketones is 1. The van der Waals surface area contributed by atoms with Crippen molar-refractivity contribution in [2.24, 2.45) is 0 Å². The normalized spacial score (nSPS) is 10.7. The van der Waals surface area contributed by atoms with Gasteiger partial charge in [-0.25, -0.2) is 4.98 Å². The van der Waals surface area contributed by atoms with E-state index in [1.165, 1.54) is 0 Å². The Hall–Kier alpha value is -1.69. The molecule has 3 aromatic rings. The number of hydrogen-bond donors (Lipinski definition) is 1. The van der Waals surface area contributed by atoms with Crippen LogP contribution >= 0.6 is 22.6 Å². The van der Waals surface area contributed by atoms with Crippen LogP contribution in [0.5, 0.6) is 0 Å². The largest absolute Gasteiger partial charge is 0.333 e. The van der Waals surface area contributed by atoms with E-state index in [0.29, 0.717) is 11.1 Å². The zero-order valence-electron chi connectivity index (χ0n) is 9.35. The molecule has 0 amide bonds. The highest BCUT2D eigenvalue weighted by atomic mass is 127. The maximum absolute atomic E-state index is 12.3. The third-order valence-corrected chi connectivity index (χ3v) is 3.26. The molecule has 0 aliphatic carbocycles. The van der Waals surface area contributed by atoms with Gasteiger partial charge in [-0.15, -0.1) is 0 Å². The van der Waals surface area contributed by atoms with Gasteiger partial charge in [-0.2, -0.15) is 0 Å². The number of benzene rings is 2. The summed E-state index contributed by atoms with van der Waals surface area (Å²) in [6.07, 6.45) is 0. The lowest BCUT2D eigenvalue weighted by atomic mass is 10.0. The number of carbonyl (C=O) groups excluding carboxylic acids is 1. The Kier molecular flexibility index (Phi) is 2.87. The van der Waals surface area contributed by atoms with Crippen LogP contribution in [0.2, 0.25) is 0 Å². The molecule has 0 fully saturated rings. The highest BCUT2D eigenvalue weighted by Crippen LogP contribution is 2.17. The Balaban J connectivity index is 2.06. The average molecular weight is 348 g/mol. The lowest BCUT2D eigenvalue weighted by Crippen LogP contribution is -2.00. The maximum atomic E-state index is 12.3. The van der Waals surface area contributed by atoms with E-state index in [0.717, 1.165) is 14.9 Å². The number of imidazole rings is 1. The molecule has 18 heavy (non-hydrogen) atoms. The van der Waals surface area contributed by atoms with Gasteiger partial charge < -0.3 is 4.98 Å². The quantitative estimate of drug-likeness (QED) is 0.570. The molecule has 88 valence electrons. The van der Waals surface area contributed by atoms with Crippen molar-refractivity contribution in [1.29, 1.82) is 0 Å². The number of aromatic amines is 1. The van der Waals surface area contributed by atoms with Crippen molar-refractivity contribution in [2.45, 2.75) is 0 Å². The van der Waals surface area contributed by atoms with Gasteiger partial charge in [0.2, 0.25) is 0 Å². The molecule has 0 saturated carbocycles. The summed E-state index contributed by atoms with van der Waals surface area (Å²) >= 11 is 2.12. The summed E-state index contributed by atoms with van der Waals surface area (Å²) in [5.74, 6) is 0.0297. The van der Waals surface area contributed by atoms with E-state index >= 15 is 0 Å². The molecule has 0 bridgehead atoms. The minimum absolute atomic E-state index is 0.0297. The van der Waals surface area contributed by atoms with Crippen LogP contribution in [0.3, 0.4) is 0 Å². The Morgan fingerprint density at radius 1 is 1.06 bits per heavy atom. The number of nitrogens with zero attached hydrogens (tertiary/aromatic N) is 1. The first-order valence-electron chi connectivity index (χ1n) is 5.49. The predicted octanol–water partition coefficient (Wildman–Crippen LogP) is 3.40. The summed E-state index contributed by atoms with van der Waals surface area (Å²) in [6, 6.07) is 14.8. The number of fused-ring (bicyclic) bond motifs is 1. The van der Waals surface area contributed by atoms with Gasteiger partial charge in [0.15, 0.2) is 9.61 Å². The monoisotopic (exact) mass is 348 g/mol. The summed E-state index contributed by atoms with van der Waals surface area (Å²) in [7, 11) is 0. The van der Waals surface area contributed by atoms with Gasteiger partial charge in [0.1, 0.15) is 0 Å². The number of aromatic nitrogens is 2. The van der Waals surface area contributed by atoms with Crippen molar-refractivity contribution in [3.8, 4) is 0 Å². The van der Waals surface area contributed by atoms with Crippen LogP contribution in [0.15, 0.2) is 48.5 Å². The smallest absolute Gasteiger partial charge is 0.193 e. The average Bonchev–Trinajstić information content (AvgIpc) is 2.78. The van der Waals surface area contributed by atoms with Crippen molar-refractivity contribution < 1.29 is 4.79 Å². The fraction of sp³-hybridized carbons (Fsp3) is 0. The molecule has 0 saturated heterocycles. The summed E-state index contributed by atoms with van der Waals surface area (Å²) in [5.41, 5.74) is 3.14. The molecule has 0 atom stereocenters. The lowest BCUT2D eigenvalue weighted by molar-refractivity contribution is 0.103. The van der Waals surface area contributed by atoms with Crippen molar-refractivity contribution >= 4 is 39.4 Å². The van der Waals surface area contributed by atoms with E-state index in [2.05, 4.69) is 32.6 Å². The molecular formula is C14H9IN2O. The van der Waals surface area contributed by atoms with E-state index in [1.807, 2.05) is 48.5 Å². The topological polar surface area (TPSA) is 45.8 Å². The molecular weight excluding hydrogens is 339 g/mol. The van der Waals surface area contributed by atoms with Gasteiger partial charge >= 0.3 is 0 Å². The SMILES string of the molecule is O=C(c1ccccc1)c1ccc2nc(I)[nH]c2c1. The number of nitrogens with one attached hydrogen (secondary N) is 1. The predicted molar refractivity (Wildman–Crippen MR) is 78.7 cm³/mol. The second-order valence-corrected chi connectivity index (χ2v) is 4.98. The second kappa shape index (κ2) is 4.53. The molecule has 2 aromatic carbocycles. The summed E-state index contributed by atoms with van der Waals surface area (Å²) in [4.78, 5) is 19.7. The fourth-order valence-electron chi connectivity index (χ4n) is 1.88. The van der Waals surface area contributed by atoms with Gasteiger partial charge in [0.25, 0.3) is 0 Å². The van der Waals surface area contributed by atoms with Crippen molar-refractivity contribution in [2.75, 3.05) is 0 Å². The van der Waals surface area contributed by atoms with Crippen molar-refractivity contribution in [3.63, 3.8) is 0 Å². The molecule has 4 heteroatoms. The van der Waals surface area contributed by atoms with Gasteiger partial charge in [-0.05, 0) is 40.8 Å². The van der Waals surface area contributed by atoms with E-state index in [4.69, 9.17) is 0 Å². The van der Waals surface area contributed by atoms with Crippen LogP contribution in [0, 0.1) is 3.83 Å². The van der Waals surface area contributed by atoms with Crippen molar-refractivity contribution in [1.82, 2.24) is 9.97 Å². The van der Waals surface area contributed by atoms with Crippen molar-refractivity contribution in [3.05, 3.63) is 63.5 Å². The molecule has 1 N–H and O–H groups in total. The van der Waals surface area contributed by atoms with Crippen LogP contribution < -0.4 is 0 Å². The Bertz CT molecular complexity index is 719. The summed E-state index contributed by atoms with van der Waals surface area (Å²) < 4.78 is 0.826. The number of hydrogen-bond acceptors (Lipinski definition) is 2. The summed E-state index contributed by atoms with van der Waals surface area (Å²) in [5, 5.41) is 0. The van der Waals surface area contributed by atoms with Gasteiger partial charge in [-0.3, -0.25) is 4.79 Å². The Morgan fingerprint density at radius 2 is 1.83 bits per heavy atom. The molecule has 0 aliphatic heterocycles. The standard InChI is InChI=1S/C14H9IN2O/c15-14-16-11-7-6-10(8-12(11)17-14)13(18)9-4-2-1-3-5-9/h1-8H,(H,16,17). The number of H-pyrrole nitrogens is 1. The minimum atomic E-state index is 0.0297. The molecule has 0 unspecified atom stereocenters. The Morgan fingerprint density at radius 3 is 2.61 bits per heavy atom. The molecule has 0 radical (unpaired) electrons. The van der Waals surface area contributed by atoms with Crippen LogP contribution in [-0.2, 0) is 0 Å².